The van der Waals surface area contributed by atoms with E-state index in [9.17, 15) is 9.59 Å². The van der Waals surface area contributed by atoms with Crippen LogP contribution in [0, 0.1) is 0 Å². The lowest BCUT2D eigenvalue weighted by Gasteiger charge is -2.11. The standard InChI is InChI=1S/C16H16N2O4S/c1-2-4-12-17-15-14(16(21)18(12)7-6-13(19)20)10(9-23-15)11-5-3-8-22-11/h3,5,8-9H,2,4,6-7H2,1H3,(H,19,20). The van der Waals surface area contributed by atoms with E-state index >= 15 is 0 Å². The van der Waals surface area contributed by atoms with Crippen molar-refractivity contribution >= 4 is 27.5 Å². The number of hydrogen-bond acceptors (Lipinski definition) is 5. The molecule has 3 rings (SSSR count). The van der Waals surface area contributed by atoms with Crippen LogP contribution in [0.2, 0.25) is 0 Å². The Kier molecular flexibility index (Phi) is 4.29. The zero-order valence-corrected chi connectivity index (χ0v) is 13.4. The van der Waals surface area contributed by atoms with Gasteiger partial charge in [-0.05, 0) is 18.6 Å². The minimum absolute atomic E-state index is 0.107. The van der Waals surface area contributed by atoms with Crippen LogP contribution < -0.4 is 5.56 Å². The first-order chi connectivity index (χ1) is 11.1. The van der Waals surface area contributed by atoms with Gasteiger partial charge in [0.15, 0.2) is 0 Å². The van der Waals surface area contributed by atoms with E-state index in [1.165, 1.54) is 15.9 Å². The summed E-state index contributed by atoms with van der Waals surface area (Å²) in [5, 5.41) is 11.3. The van der Waals surface area contributed by atoms with Crippen molar-refractivity contribution in [2.24, 2.45) is 0 Å². The third kappa shape index (κ3) is 2.92. The summed E-state index contributed by atoms with van der Waals surface area (Å²) in [4.78, 5) is 29.0. The molecular weight excluding hydrogens is 316 g/mol. The Morgan fingerprint density at radius 2 is 2.30 bits per heavy atom. The molecule has 3 aromatic rings. The predicted octanol–water partition coefficient (Wildman–Crippen LogP) is 3.15. The summed E-state index contributed by atoms with van der Waals surface area (Å²) in [5.41, 5.74) is 0.506. The topological polar surface area (TPSA) is 85.3 Å². The Balaban J connectivity index is 2.20. The number of carboxylic acids is 1. The van der Waals surface area contributed by atoms with E-state index in [0.717, 1.165) is 6.42 Å². The van der Waals surface area contributed by atoms with E-state index in [2.05, 4.69) is 4.98 Å². The van der Waals surface area contributed by atoms with Crippen molar-refractivity contribution in [1.82, 2.24) is 9.55 Å². The molecule has 0 saturated carbocycles. The number of fused-ring (bicyclic) bond motifs is 1. The van der Waals surface area contributed by atoms with Crippen molar-refractivity contribution in [3.05, 3.63) is 40.0 Å². The van der Waals surface area contributed by atoms with Gasteiger partial charge in [-0.3, -0.25) is 14.2 Å². The molecule has 3 heterocycles. The number of aryl methyl sites for hydroxylation is 1. The van der Waals surface area contributed by atoms with Gasteiger partial charge in [-0.25, -0.2) is 4.98 Å². The number of carbonyl (C=O) groups is 1. The van der Waals surface area contributed by atoms with Gasteiger partial charge < -0.3 is 9.52 Å². The zero-order chi connectivity index (χ0) is 16.4. The molecule has 3 aromatic heterocycles. The number of carboxylic acid groups (broad SMARTS) is 1. The maximum absolute atomic E-state index is 12.9. The molecule has 0 fully saturated rings. The van der Waals surface area contributed by atoms with Crippen molar-refractivity contribution in [3.63, 3.8) is 0 Å². The minimum Gasteiger partial charge on any atom is -0.481 e. The molecule has 0 aromatic carbocycles. The number of aromatic nitrogens is 2. The molecule has 0 atom stereocenters. The monoisotopic (exact) mass is 332 g/mol. The maximum Gasteiger partial charge on any atom is 0.305 e. The summed E-state index contributed by atoms with van der Waals surface area (Å²) in [6, 6.07) is 3.56. The Hall–Kier alpha value is -2.41. The Bertz CT molecular complexity index is 893. The van der Waals surface area contributed by atoms with Crippen LogP contribution in [0.1, 0.15) is 25.6 Å². The Morgan fingerprint density at radius 3 is 2.96 bits per heavy atom. The van der Waals surface area contributed by atoms with Gasteiger partial charge in [0.1, 0.15) is 16.4 Å². The van der Waals surface area contributed by atoms with E-state index in [-0.39, 0.29) is 18.5 Å². The molecule has 7 heteroatoms. The fourth-order valence-corrected chi connectivity index (χ4v) is 3.47. The quantitative estimate of drug-likeness (QED) is 0.749. The number of aliphatic carboxylic acids is 1. The zero-order valence-electron chi connectivity index (χ0n) is 12.6. The van der Waals surface area contributed by atoms with Crippen molar-refractivity contribution < 1.29 is 14.3 Å². The second-order valence-corrected chi connectivity index (χ2v) is 6.04. The van der Waals surface area contributed by atoms with Gasteiger partial charge in [0.2, 0.25) is 0 Å². The highest BCUT2D eigenvalue weighted by molar-refractivity contribution is 7.17. The van der Waals surface area contributed by atoms with Gasteiger partial charge in [0, 0.05) is 23.9 Å². The molecule has 23 heavy (non-hydrogen) atoms. The second-order valence-electron chi connectivity index (χ2n) is 5.19. The third-order valence-corrected chi connectivity index (χ3v) is 4.45. The van der Waals surface area contributed by atoms with Gasteiger partial charge in [-0.2, -0.15) is 0 Å². The van der Waals surface area contributed by atoms with Gasteiger partial charge in [-0.1, -0.05) is 6.92 Å². The molecule has 6 nitrogen and oxygen atoms in total. The smallest absolute Gasteiger partial charge is 0.305 e. The molecular formula is C16H16N2O4S. The lowest BCUT2D eigenvalue weighted by molar-refractivity contribution is -0.137. The molecule has 0 saturated heterocycles. The van der Waals surface area contributed by atoms with Crippen LogP contribution >= 0.6 is 11.3 Å². The first-order valence-corrected chi connectivity index (χ1v) is 8.26. The lowest BCUT2D eigenvalue weighted by Crippen LogP contribution is -2.26. The molecule has 1 N–H and O–H groups in total. The first-order valence-electron chi connectivity index (χ1n) is 7.38. The van der Waals surface area contributed by atoms with Crippen molar-refractivity contribution in [1.29, 1.82) is 0 Å². The van der Waals surface area contributed by atoms with E-state index < -0.39 is 5.97 Å². The van der Waals surface area contributed by atoms with Crippen LogP contribution in [-0.2, 0) is 17.8 Å². The molecule has 0 aliphatic rings. The molecule has 0 bridgehead atoms. The van der Waals surface area contributed by atoms with Crippen LogP contribution in [0.15, 0.2) is 33.0 Å². The molecule has 0 spiro atoms. The van der Waals surface area contributed by atoms with Crippen LogP contribution in [0.4, 0.5) is 0 Å². The number of rotatable bonds is 6. The Morgan fingerprint density at radius 1 is 1.48 bits per heavy atom. The van der Waals surface area contributed by atoms with E-state index in [1.807, 2.05) is 12.3 Å². The summed E-state index contributed by atoms with van der Waals surface area (Å²) in [7, 11) is 0. The van der Waals surface area contributed by atoms with Gasteiger partial charge in [0.25, 0.3) is 5.56 Å². The van der Waals surface area contributed by atoms with Gasteiger partial charge >= 0.3 is 5.97 Å². The normalized spacial score (nSPS) is 11.2. The maximum atomic E-state index is 12.9. The van der Waals surface area contributed by atoms with E-state index in [1.54, 1.807) is 18.4 Å². The van der Waals surface area contributed by atoms with Crippen molar-refractivity contribution in [3.8, 4) is 11.3 Å². The molecule has 0 radical (unpaired) electrons. The summed E-state index contributed by atoms with van der Waals surface area (Å²) in [6.45, 7) is 2.13. The first kappa shape index (κ1) is 15.5. The average molecular weight is 332 g/mol. The van der Waals surface area contributed by atoms with Crippen LogP contribution in [0.25, 0.3) is 21.5 Å². The fraction of sp³-hybridized carbons (Fsp3) is 0.312. The SMILES string of the molecule is CCCc1nc2scc(-c3ccco3)c2c(=O)n1CCC(=O)O. The van der Waals surface area contributed by atoms with Crippen LogP contribution in [0.3, 0.4) is 0 Å². The van der Waals surface area contributed by atoms with Crippen molar-refractivity contribution in [2.45, 2.75) is 32.7 Å². The van der Waals surface area contributed by atoms with E-state index in [4.69, 9.17) is 9.52 Å². The van der Waals surface area contributed by atoms with Gasteiger partial charge in [0.05, 0.1) is 18.1 Å². The highest BCUT2D eigenvalue weighted by Crippen LogP contribution is 2.31. The van der Waals surface area contributed by atoms with Gasteiger partial charge in [-0.15, -0.1) is 11.3 Å². The number of nitrogens with zero attached hydrogens (tertiary/aromatic N) is 2. The largest absolute Gasteiger partial charge is 0.481 e. The average Bonchev–Trinajstić information content (AvgIpc) is 3.15. The number of hydrogen-bond donors (Lipinski definition) is 1. The Labute approximate surface area is 136 Å². The van der Waals surface area contributed by atoms with Crippen molar-refractivity contribution in [2.75, 3.05) is 0 Å². The highest BCUT2D eigenvalue weighted by atomic mass is 32.1. The highest BCUT2D eigenvalue weighted by Gasteiger charge is 2.18. The molecule has 0 amide bonds. The van der Waals surface area contributed by atoms with Crippen LogP contribution in [0.5, 0.6) is 0 Å². The molecule has 0 aliphatic carbocycles. The van der Waals surface area contributed by atoms with Crippen LogP contribution in [-0.4, -0.2) is 20.6 Å². The number of furan rings is 1. The minimum atomic E-state index is -0.934. The van der Waals surface area contributed by atoms with E-state index in [0.29, 0.717) is 33.8 Å². The molecule has 0 unspecified atom stereocenters. The summed E-state index contributed by atoms with van der Waals surface area (Å²) < 4.78 is 6.88. The summed E-state index contributed by atoms with van der Waals surface area (Å²) >= 11 is 1.40. The fourth-order valence-electron chi connectivity index (χ4n) is 2.53. The third-order valence-electron chi connectivity index (χ3n) is 3.58. The molecule has 0 aliphatic heterocycles. The predicted molar refractivity (Wildman–Crippen MR) is 87.8 cm³/mol. The summed E-state index contributed by atoms with van der Waals surface area (Å²) in [6.07, 6.45) is 2.92. The second kappa shape index (κ2) is 6.37. The molecule has 120 valence electrons. The summed E-state index contributed by atoms with van der Waals surface area (Å²) in [5.74, 6) is 0.318. The lowest BCUT2D eigenvalue weighted by atomic mass is 10.2. The number of thiophene rings is 1.